The van der Waals surface area contributed by atoms with Crippen LogP contribution in [0, 0.1) is 0 Å². The lowest BCUT2D eigenvalue weighted by atomic mass is 10.1. The Hall–Kier alpha value is -3.94. The lowest BCUT2D eigenvalue weighted by molar-refractivity contribution is 0.574. The number of anilines is 1. The van der Waals surface area contributed by atoms with Gasteiger partial charge in [-0.3, -0.25) is 0 Å². The summed E-state index contributed by atoms with van der Waals surface area (Å²) < 4.78 is 7.63. The Labute approximate surface area is 218 Å². The van der Waals surface area contributed by atoms with Crippen LogP contribution >= 0.6 is 22.9 Å². The van der Waals surface area contributed by atoms with Crippen molar-refractivity contribution in [1.82, 2.24) is 19.5 Å². The van der Waals surface area contributed by atoms with Gasteiger partial charge in [0.25, 0.3) is 0 Å². The molecule has 0 radical (unpaired) electrons. The normalized spacial score (nSPS) is 11.4. The standard InChI is InChI=1S/C28H24N5OS.ClH/c1-33-26(22-14-8-18-34-22)30-24-25(29-17-16-20-10-4-2-5-11-20)31-28(32-27(24)33)35-19-9-15-23(35)21-12-6-3-7-13-21;/h2-15,18-19H,16-17H2,1H3,(H,29,31,32);1H/q+1;. The fraction of sp³-hybridized carbons (Fsp3) is 0.107. The van der Waals surface area contributed by atoms with Gasteiger partial charge in [-0.1, -0.05) is 48.5 Å². The first-order valence-electron chi connectivity index (χ1n) is 11.5. The minimum Gasteiger partial charge on any atom is -0.461 e. The van der Waals surface area contributed by atoms with Gasteiger partial charge in [0.1, 0.15) is 5.38 Å². The molecule has 8 heteroatoms. The Morgan fingerprint density at radius 2 is 1.64 bits per heavy atom. The van der Waals surface area contributed by atoms with Crippen LogP contribution in [0.1, 0.15) is 5.56 Å². The van der Waals surface area contributed by atoms with Crippen molar-refractivity contribution in [3.8, 4) is 27.2 Å². The number of hydrogen-bond donors (Lipinski definition) is 1. The monoisotopic (exact) mass is 514 g/mol. The Kier molecular flexibility index (Phi) is 6.84. The van der Waals surface area contributed by atoms with Crippen molar-refractivity contribution in [3.63, 3.8) is 0 Å². The molecule has 0 saturated heterocycles. The smallest absolute Gasteiger partial charge is 0.375 e. The van der Waals surface area contributed by atoms with E-state index in [1.54, 1.807) is 6.26 Å². The highest BCUT2D eigenvalue weighted by molar-refractivity contribution is 7.40. The summed E-state index contributed by atoms with van der Waals surface area (Å²) in [6, 6.07) is 28.9. The molecule has 0 aliphatic rings. The number of aryl methyl sites for hydroxylation is 1. The predicted octanol–water partition coefficient (Wildman–Crippen LogP) is 7.11. The summed E-state index contributed by atoms with van der Waals surface area (Å²) in [5.74, 6) is 2.18. The number of fused-ring (bicyclic) bond motifs is 1. The topological polar surface area (TPSA) is 68.8 Å². The van der Waals surface area contributed by atoms with E-state index in [1.807, 2.05) is 35.9 Å². The number of imidazole rings is 1. The number of hydrogen-bond acceptors (Lipinski definition) is 5. The molecule has 2 aromatic carbocycles. The molecule has 0 aliphatic heterocycles. The highest BCUT2D eigenvalue weighted by atomic mass is 35.5. The van der Waals surface area contributed by atoms with Crippen LogP contribution in [0.2, 0.25) is 0 Å². The summed E-state index contributed by atoms with van der Waals surface area (Å²) in [4.78, 5) is 16.1. The summed E-state index contributed by atoms with van der Waals surface area (Å²) in [5.41, 5.74) is 3.98. The lowest BCUT2D eigenvalue weighted by Gasteiger charge is -2.07. The van der Waals surface area contributed by atoms with Crippen LogP contribution in [0.15, 0.2) is 101 Å². The average Bonchev–Trinajstić information content (AvgIpc) is 3.66. The second-order valence-electron chi connectivity index (χ2n) is 8.22. The van der Waals surface area contributed by atoms with Gasteiger partial charge in [0, 0.05) is 25.2 Å². The molecule has 4 aromatic heterocycles. The molecule has 6 nitrogen and oxygen atoms in total. The maximum absolute atomic E-state index is 5.64. The van der Waals surface area contributed by atoms with Crippen molar-refractivity contribution in [2.45, 2.75) is 6.42 Å². The first-order valence-corrected chi connectivity index (χ1v) is 12.8. The van der Waals surface area contributed by atoms with Crippen molar-refractivity contribution in [2.75, 3.05) is 11.9 Å². The van der Waals surface area contributed by atoms with Gasteiger partial charge in [0.05, 0.1) is 16.7 Å². The molecular weight excluding hydrogens is 490 g/mol. The minimum absolute atomic E-state index is 0. The molecule has 0 spiro atoms. The maximum Gasteiger partial charge on any atom is 0.375 e. The Balaban J connectivity index is 0.00000267. The van der Waals surface area contributed by atoms with Gasteiger partial charge in [-0.25, -0.2) is 4.98 Å². The van der Waals surface area contributed by atoms with Crippen molar-refractivity contribution >= 4 is 39.9 Å². The van der Waals surface area contributed by atoms with Gasteiger partial charge in [-0.15, -0.1) is 12.4 Å². The third-order valence-corrected chi connectivity index (χ3v) is 7.79. The van der Waals surface area contributed by atoms with Crippen LogP contribution in [-0.2, 0) is 13.5 Å². The zero-order chi connectivity index (χ0) is 23.6. The number of halogens is 1. The Bertz CT molecular complexity index is 1580. The number of nitrogens with zero attached hydrogens (tertiary/aromatic N) is 4. The van der Waals surface area contributed by atoms with Crippen LogP contribution in [0.4, 0.5) is 5.82 Å². The zero-order valence-corrected chi connectivity index (χ0v) is 21.3. The molecule has 0 bridgehead atoms. The molecule has 1 atom stereocenters. The van der Waals surface area contributed by atoms with E-state index in [0.717, 1.165) is 40.9 Å². The molecule has 36 heavy (non-hydrogen) atoms. The second kappa shape index (κ2) is 10.4. The minimum atomic E-state index is -0.369. The average molecular weight is 515 g/mol. The van der Waals surface area contributed by atoms with E-state index in [4.69, 9.17) is 19.4 Å². The third-order valence-electron chi connectivity index (χ3n) is 5.94. The fourth-order valence-electron chi connectivity index (χ4n) is 4.20. The molecule has 6 rings (SSSR count). The van der Waals surface area contributed by atoms with Crippen LogP contribution in [0.25, 0.3) is 38.3 Å². The van der Waals surface area contributed by atoms with E-state index in [1.165, 1.54) is 16.0 Å². The molecule has 0 saturated carbocycles. The largest absolute Gasteiger partial charge is 0.461 e. The second-order valence-corrected chi connectivity index (χ2v) is 9.98. The molecule has 1 unspecified atom stereocenters. The number of thiophene rings is 1. The SMILES string of the molecule is Cl.Cn1c(-c2ccco2)nc2c(NCCc3ccccc3)nc(-[s+]3cccc3-c3ccccc3)nc21. The van der Waals surface area contributed by atoms with E-state index < -0.39 is 0 Å². The van der Waals surface area contributed by atoms with Crippen molar-refractivity contribution in [2.24, 2.45) is 7.05 Å². The first kappa shape index (κ1) is 23.8. The van der Waals surface area contributed by atoms with Crippen LogP contribution in [-0.4, -0.2) is 26.1 Å². The van der Waals surface area contributed by atoms with Gasteiger partial charge >= 0.3 is 5.16 Å². The number of benzene rings is 2. The summed E-state index contributed by atoms with van der Waals surface area (Å²) in [6.45, 7) is 0.743. The molecule has 6 aromatic rings. The lowest BCUT2D eigenvalue weighted by Crippen LogP contribution is -2.08. The summed E-state index contributed by atoms with van der Waals surface area (Å²) in [7, 11) is 1.60. The molecule has 0 fully saturated rings. The van der Waals surface area contributed by atoms with Crippen molar-refractivity contribution in [3.05, 3.63) is 102 Å². The van der Waals surface area contributed by atoms with Crippen molar-refractivity contribution < 1.29 is 4.42 Å². The summed E-state index contributed by atoms with van der Waals surface area (Å²) in [6.07, 6.45) is 2.55. The third kappa shape index (κ3) is 4.51. The number of aromatic nitrogens is 4. The van der Waals surface area contributed by atoms with Gasteiger partial charge in [-0.2, -0.15) is 9.97 Å². The van der Waals surface area contributed by atoms with E-state index in [-0.39, 0.29) is 22.9 Å². The molecule has 4 heterocycles. The maximum atomic E-state index is 5.64. The van der Waals surface area contributed by atoms with Crippen molar-refractivity contribution in [1.29, 1.82) is 0 Å². The first-order chi connectivity index (χ1) is 17.3. The van der Waals surface area contributed by atoms with Gasteiger partial charge in [-0.05, 0) is 42.3 Å². The Morgan fingerprint density at radius 1 is 0.861 bits per heavy atom. The fourth-order valence-corrected chi connectivity index (χ4v) is 5.89. The van der Waals surface area contributed by atoms with E-state index in [0.29, 0.717) is 5.76 Å². The highest BCUT2D eigenvalue weighted by Gasteiger charge is 2.26. The Morgan fingerprint density at radius 3 is 2.39 bits per heavy atom. The van der Waals surface area contributed by atoms with Gasteiger partial charge in [0.15, 0.2) is 33.4 Å². The predicted molar refractivity (Wildman–Crippen MR) is 149 cm³/mol. The molecule has 0 amide bonds. The molecule has 0 aliphatic carbocycles. The van der Waals surface area contributed by atoms with E-state index in [2.05, 4.69) is 71.4 Å². The van der Waals surface area contributed by atoms with Crippen LogP contribution < -0.4 is 5.32 Å². The number of rotatable bonds is 7. The number of nitrogens with one attached hydrogen (secondary N) is 1. The summed E-state index contributed by atoms with van der Waals surface area (Å²) in [5, 5.41) is 6.50. The molecule has 1 N–H and O–H groups in total. The van der Waals surface area contributed by atoms with Gasteiger partial charge in [0.2, 0.25) is 0 Å². The zero-order valence-electron chi connectivity index (χ0n) is 19.7. The van der Waals surface area contributed by atoms with Gasteiger partial charge < -0.3 is 14.3 Å². The van der Waals surface area contributed by atoms with E-state index in [9.17, 15) is 0 Å². The quantitative estimate of drug-likeness (QED) is 0.230. The molecular formula is C28H25ClN5OS+. The van der Waals surface area contributed by atoms with Crippen LogP contribution in [0.5, 0.6) is 0 Å². The number of furan rings is 1. The highest BCUT2D eigenvalue weighted by Crippen LogP contribution is 2.41. The van der Waals surface area contributed by atoms with E-state index >= 15 is 0 Å². The summed E-state index contributed by atoms with van der Waals surface area (Å²) >= 11 is 0. The van der Waals surface area contributed by atoms with Crippen LogP contribution in [0.3, 0.4) is 0 Å². The molecule has 180 valence electrons.